The smallest absolute Gasteiger partial charge is 0.253 e. The molecule has 0 aromatic rings. The van der Waals surface area contributed by atoms with Gasteiger partial charge in [0.25, 0.3) is 5.91 Å². The fourth-order valence-electron chi connectivity index (χ4n) is 1.36. The highest BCUT2D eigenvalue weighted by atomic mass is 32.2. The van der Waals surface area contributed by atoms with Crippen LogP contribution in [0.15, 0.2) is 11.0 Å². The Kier molecular flexibility index (Phi) is 3.14. The van der Waals surface area contributed by atoms with Crippen LogP contribution in [0.4, 0.5) is 0 Å². The Bertz CT molecular complexity index is 273. The average Bonchev–Trinajstić information content (AvgIpc) is 2.13. The number of nitrogens with zero attached hydrogens (tertiary/aromatic N) is 1. The van der Waals surface area contributed by atoms with E-state index in [-0.39, 0.29) is 17.7 Å². The number of carbonyl (C=O) groups is 2. The summed E-state index contributed by atoms with van der Waals surface area (Å²) >= 11 is 1.48. The molecule has 1 aliphatic heterocycles. The summed E-state index contributed by atoms with van der Waals surface area (Å²) in [6, 6.07) is 0. The number of hydrogen-bond donors (Lipinski definition) is 0. The van der Waals surface area contributed by atoms with Gasteiger partial charge in [0, 0.05) is 18.0 Å². The van der Waals surface area contributed by atoms with Gasteiger partial charge in [-0.15, -0.1) is 11.8 Å². The first kappa shape index (κ1) is 10.3. The second-order valence-electron chi connectivity index (χ2n) is 2.95. The summed E-state index contributed by atoms with van der Waals surface area (Å²) in [6.45, 7) is 1.95. The lowest BCUT2D eigenvalue weighted by atomic mass is 10.0. The molecule has 1 aliphatic rings. The number of thioether (sulfide) groups is 1. The molecule has 1 atom stereocenters. The van der Waals surface area contributed by atoms with Gasteiger partial charge in [-0.05, 0) is 12.7 Å². The Morgan fingerprint density at radius 3 is 2.62 bits per heavy atom. The predicted molar refractivity (Wildman–Crippen MR) is 53.2 cm³/mol. The van der Waals surface area contributed by atoms with Crippen molar-refractivity contribution in [2.24, 2.45) is 5.92 Å². The molecule has 0 aromatic heterocycles. The summed E-state index contributed by atoms with van der Waals surface area (Å²) in [5, 5.41) is 0. The van der Waals surface area contributed by atoms with Gasteiger partial charge in [-0.2, -0.15) is 0 Å². The standard InChI is InChI=1S/C9H13NO2S/c1-4-6-7(13-3)5-8(11)10(2)9(6)12/h5-6H,4H2,1-3H3. The van der Waals surface area contributed by atoms with Crippen LogP contribution in [0.2, 0.25) is 0 Å². The van der Waals surface area contributed by atoms with Gasteiger partial charge in [0.2, 0.25) is 5.91 Å². The van der Waals surface area contributed by atoms with Gasteiger partial charge >= 0.3 is 0 Å². The number of likely N-dealkylation sites (N-methyl/N-ethyl adjacent to an activating group) is 1. The van der Waals surface area contributed by atoms with Gasteiger partial charge in [0.05, 0.1) is 5.92 Å². The Labute approximate surface area is 82.2 Å². The summed E-state index contributed by atoms with van der Waals surface area (Å²) < 4.78 is 0. The second-order valence-corrected chi connectivity index (χ2v) is 3.83. The number of amides is 2. The summed E-state index contributed by atoms with van der Waals surface area (Å²) in [7, 11) is 1.53. The maximum absolute atomic E-state index is 11.6. The molecule has 13 heavy (non-hydrogen) atoms. The van der Waals surface area contributed by atoms with Gasteiger partial charge in [0.15, 0.2) is 0 Å². The molecule has 0 spiro atoms. The zero-order valence-electron chi connectivity index (χ0n) is 8.03. The van der Waals surface area contributed by atoms with Crippen molar-refractivity contribution in [2.75, 3.05) is 13.3 Å². The van der Waals surface area contributed by atoms with Crippen molar-refractivity contribution in [1.29, 1.82) is 0 Å². The molecule has 1 heterocycles. The van der Waals surface area contributed by atoms with E-state index in [1.54, 1.807) is 6.08 Å². The van der Waals surface area contributed by atoms with Crippen molar-refractivity contribution in [3.05, 3.63) is 11.0 Å². The minimum Gasteiger partial charge on any atom is -0.282 e. The lowest BCUT2D eigenvalue weighted by Gasteiger charge is -2.26. The summed E-state index contributed by atoms with van der Waals surface area (Å²) in [5.74, 6) is -0.406. The highest BCUT2D eigenvalue weighted by Crippen LogP contribution is 2.29. The van der Waals surface area contributed by atoms with E-state index >= 15 is 0 Å². The summed E-state index contributed by atoms with van der Waals surface area (Å²) in [6.07, 6.45) is 4.20. The van der Waals surface area contributed by atoms with Gasteiger partial charge in [0.1, 0.15) is 0 Å². The molecule has 1 rings (SSSR count). The minimum atomic E-state index is -0.209. The van der Waals surface area contributed by atoms with E-state index < -0.39 is 0 Å². The average molecular weight is 199 g/mol. The van der Waals surface area contributed by atoms with Crippen LogP contribution in [0.5, 0.6) is 0 Å². The highest BCUT2D eigenvalue weighted by molar-refractivity contribution is 8.02. The lowest BCUT2D eigenvalue weighted by molar-refractivity contribution is -0.143. The summed E-state index contributed by atoms with van der Waals surface area (Å²) in [5.41, 5.74) is 0. The van der Waals surface area contributed by atoms with Crippen molar-refractivity contribution < 1.29 is 9.59 Å². The summed E-state index contributed by atoms with van der Waals surface area (Å²) in [4.78, 5) is 24.9. The van der Waals surface area contributed by atoms with Gasteiger partial charge in [-0.3, -0.25) is 14.5 Å². The maximum Gasteiger partial charge on any atom is 0.253 e. The zero-order valence-corrected chi connectivity index (χ0v) is 8.85. The molecule has 0 saturated carbocycles. The topological polar surface area (TPSA) is 37.4 Å². The largest absolute Gasteiger partial charge is 0.282 e. The Hall–Kier alpha value is -0.770. The molecule has 0 aromatic carbocycles. The first-order chi connectivity index (χ1) is 6.11. The Morgan fingerprint density at radius 2 is 2.15 bits per heavy atom. The highest BCUT2D eigenvalue weighted by Gasteiger charge is 2.31. The molecule has 0 radical (unpaired) electrons. The molecule has 0 fully saturated rings. The SMILES string of the molecule is CCC1C(=O)N(C)C(=O)C=C1SC. The van der Waals surface area contributed by atoms with Crippen molar-refractivity contribution >= 4 is 23.6 Å². The van der Waals surface area contributed by atoms with Crippen LogP contribution in [-0.2, 0) is 9.59 Å². The van der Waals surface area contributed by atoms with Gasteiger partial charge < -0.3 is 0 Å². The Balaban J connectivity index is 3.01. The van der Waals surface area contributed by atoms with Crippen molar-refractivity contribution in [1.82, 2.24) is 4.90 Å². The minimum absolute atomic E-state index is 0.0839. The van der Waals surface area contributed by atoms with E-state index in [0.29, 0.717) is 0 Å². The molecule has 72 valence electrons. The van der Waals surface area contributed by atoms with Crippen LogP contribution in [0.25, 0.3) is 0 Å². The van der Waals surface area contributed by atoms with E-state index in [0.717, 1.165) is 11.3 Å². The molecule has 0 N–H and O–H groups in total. The lowest BCUT2D eigenvalue weighted by Crippen LogP contribution is -2.40. The van der Waals surface area contributed by atoms with Crippen LogP contribution >= 0.6 is 11.8 Å². The van der Waals surface area contributed by atoms with Gasteiger partial charge in [-0.25, -0.2) is 0 Å². The molecule has 0 bridgehead atoms. The molecule has 4 heteroatoms. The first-order valence-electron chi connectivity index (χ1n) is 4.19. The first-order valence-corrected chi connectivity index (χ1v) is 5.41. The van der Waals surface area contributed by atoms with E-state index in [1.807, 2.05) is 13.2 Å². The van der Waals surface area contributed by atoms with E-state index in [2.05, 4.69) is 0 Å². The molecular formula is C9H13NO2S. The fourth-order valence-corrected chi connectivity index (χ4v) is 2.13. The Morgan fingerprint density at radius 1 is 1.54 bits per heavy atom. The van der Waals surface area contributed by atoms with Crippen LogP contribution in [0.3, 0.4) is 0 Å². The maximum atomic E-state index is 11.6. The molecule has 3 nitrogen and oxygen atoms in total. The molecular weight excluding hydrogens is 186 g/mol. The molecule has 0 saturated heterocycles. The van der Waals surface area contributed by atoms with Crippen LogP contribution in [-0.4, -0.2) is 30.0 Å². The number of hydrogen-bond acceptors (Lipinski definition) is 3. The number of rotatable bonds is 2. The third-order valence-corrected chi connectivity index (χ3v) is 3.09. The predicted octanol–water partition coefficient (Wildman–Crippen LogP) is 1.26. The van der Waals surface area contributed by atoms with Gasteiger partial charge in [-0.1, -0.05) is 6.92 Å². The van der Waals surface area contributed by atoms with E-state index in [1.165, 1.54) is 23.7 Å². The quantitative estimate of drug-likeness (QED) is 0.628. The molecule has 2 amide bonds. The third kappa shape index (κ3) is 1.77. The van der Waals surface area contributed by atoms with Crippen LogP contribution in [0, 0.1) is 5.92 Å². The molecule has 0 aliphatic carbocycles. The number of imide groups is 1. The third-order valence-electron chi connectivity index (χ3n) is 2.21. The fraction of sp³-hybridized carbons (Fsp3) is 0.556. The zero-order chi connectivity index (χ0) is 10.0. The van der Waals surface area contributed by atoms with Crippen LogP contribution < -0.4 is 0 Å². The molecule has 1 unspecified atom stereocenters. The van der Waals surface area contributed by atoms with Crippen LogP contribution in [0.1, 0.15) is 13.3 Å². The number of carbonyl (C=O) groups excluding carboxylic acids is 2. The van der Waals surface area contributed by atoms with Crippen molar-refractivity contribution in [3.63, 3.8) is 0 Å². The monoisotopic (exact) mass is 199 g/mol. The van der Waals surface area contributed by atoms with Crippen molar-refractivity contribution in [3.8, 4) is 0 Å². The van der Waals surface area contributed by atoms with E-state index in [9.17, 15) is 9.59 Å². The van der Waals surface area contributed by atoms with Crippen molar-refractivity contribution in [2.45, 2.75) is 13.3 Å². The van der Waals surface area contributed by atoms with E-state index in [4.69, 9.17) is 0 Å². The normalized spacial score (nSPS) is 23.5. The second kappa shape index (κ2) is 3.96.